The lowest BCUT2D eigenvalue weighted by molar-refractivity contribution is 0.111. The van der Waals surface area contributed by atoms with E-state index in [-0.39, 0.29) is 0 Å². The van der Waals surface area contributed by atoms with Crippen molar-refractivity contribution in [3.8, 4) is 0 Å². The number of aldehydes is 1. The predicted molar refractivity (Wildman–Crippen MR) is 57.0 cm³/mol. The van der Waals surface area contributed by atoms with Crippen LogP contribution >= 0.6 is 11.3 Å². The Morgan fingerprint density at radius 3 is 3.07 bits per heavy atom. The van der Waals surface area contributed by atoms with Crippen LogP contribution < -0.4 is 0 Å². The number of nitrogens with zero attached hydrogens (tertiary/aromatic N) is 2. The molecule has 0 spiro atoms. The van der Waals surface area contributed by atoms with Crippen LogP contribution in [0, 0.1) is 5.92 Å². The van der Waals surface area contributed by atoms with E-state index in [1.165, 1.54) is 0 Å². The van der Waals surface area contributed by atoms with Crippen molar-refractivity contribution in [3.63, 3.8) is 0 Å². The maximum atomic E-state index is 10.9. The van der Waals surface area contributed by atoms with Crippen molar-refractivity contribution >= 4 is 22.5 Å². The van der Waals surface area contributed by atoms with Crippen LogP contribution in [-0.2, 0) is 6.42 Å². The Balaban J connectivity index is 2.52. The summed E-state index contributed by atoms with van der Waals surface area (Å²) in [6.45, 7) is 4.31. The fourth-order valence-corrected chi connectivity index (χ4v) is 2.77. The second kappa shape index (κ2) is 3.53. The molecule has 14 heavy (non-hydrogen) atoms. The number of thiazole rings is 1. The third-order valence-electron chi connectivity index (χ3n) is 2.08. The van der Waals surface area contributed by atoms with Gasteiger partial charge < -0.3 is 0 Å². The molecule has 74 valence electrons. The number of rotatable bonds is 3. The van der Waals surface area contributed by atoms with E-state index in [0.717, 1.165) is 28.1 Å². The van der Waals surface area contributed by atoms with Crippen molar-refractivity contribution < 1.29 is 4.79 Å². The number of hydrogen-bond donors (Lipinski definition) is 0. The molecule has 4 heteroatoms. The molecule has 0 bridgehead atoms. The third kappa shape index (κ3) is 1.46. The number of hydrogen-bond acceptors (Lipinski definition) is 3. The highest BCUT2D eigenvalue weighted by molar-refractivity contribution is 7.17. The van der Waals surface area contributed by atoms with Crippen molar-refractivity contribution in [2.24, 2.45) is 5.92 Å². The van der Waals surface area contributed by atoms with Gasteiger partial charge in [-0.2, -0.15) is 0 Å². The first-order valence-corrected chi connectivity index (χ1v) is 5.43. The lowest BCUT2D eigenvalue weighted by atomic mass is 10.1. The minimum absolute atomic E-state index is 0.574. The van der Waals surface area contributed by atoms with E-state index in [1.54, 1.807) is 23.9 Å². The average molecular weight is 208 g/mol. The molecule has 2 heterocycles. The highest BCUT2D eigenvalue weighted by Gasteiger charge is 2.12. The fourth-order valence-electron chi connectivity index (χ4n) is 1.49. The van der Waals surface area contributed by atoms with Gasteiger partial charge in [-0.3, -0.25) is 9.20 Å². The van der Waals surface area contributed by atoms with Gasteiger partial charge in [0, 0.05) is 4.88 Å². The Labute approximate surface area is 86.4 Å². The topological polar surface area (TPSA) is 34.4 Å². The van der Waals surface area contributed by atoms with Crippen LogP contribution in [-0.4, -0.2) is 15.7 Å². The van der Waals surface area contributed by atoms with E-state index in [9.17, 15) is 4.79 Å². The molecule has 0 aliphatic carbocycles. The molecular formula is C10H12N2OS. The van der Waals surface area contributed by atoms with E-state index in [2.05, 4.69) is 18.8 Å². The zero-order valence-electron chi connectivity index (χ0n) is 8.23. The lowest BCUT2D eigenvalue weighted by Crippen LogP contribution is -1.97. The summed E-state index contributed by atoms with van der Waals surface area (Å²) in [5.41, 5.74) is 0.760. The molecule has 2 aromatic heterocycles. The maximum absolute atomic E-state index is 10.9. The Kier molecular flexibility index (Phi) is 2.37. The van der Waals surface area contributed by atoms with Gasteiger partial charge in [-0.15, -0.1) is 11.3 Å². The molecule has 0 atom stereocenters. The normalized spacial score (nSPS) is 11.4. The Morgan fingerprint density at radius 2 is 2.43 bits per heavy atom. The van der Waals surface area contributed by atoms with E-state index >= 15 is 0 Å². The van der Waals surface area contributed by atoms with Crippen LogP contribution in [0.15, 0.2) is 12.5 Å². The predicted octanol–water partition coefficient (Wildman–Crippen LogP) is 2.41. The summed E-state index contributed by atoms with van der Waals surface area (Å²) in [7, 11) is 0. The van der Waals surface area contributed by atoms with E-state index in [4.69, 9.17) is 0 Å². The van der Waals surface area contributed by atoms with Crippen LogP contribution in [0.4, 0.5) is 0 Å². The molecule has 0 radical (unpaired) electrons. The van der Waals surface area contributed by atoms with Gasteiger partial charge in [0.1, 0.15) is 16.9 Å². The zero-order chi connectivity index (χ0) is 10.1. The number of carbonyl (C=O) groups is 1. The Hall–Kier alpha value is -1.16. The highest BCUT2D eigenvalue weighted by atomic mass is 32.1. The quantitative estimate of drug-likeness (QED) is 0.726. The largest absolute Gasteiger partial charge is 0.296 e. The van der Waals surface area contributed by atoms with Gasteiger partial charge in [0.25, 0.3) is 0 Å². The summed E-state index contributed by atoms with van der Waals surface area (Å²) >= 11 is 1.65. The fraction of sp³-hybridized carbons (Fsp3) is 0.400. The molecule has 0 aliphatic heterocycles. The number of carbonyl (C=O) groups excluding carboxylic acids is 1. The van der Waals surface area contributed by atoms with Gasteiger partial charge in [-0.1, -0.05) is 13.8 Å². The molecule has 0 unspecified atom stereocenters. The van der Waals surface area contributed by atoms with Gasteiger partial charge in [0.2, 0.25) is 0 Å². The summed E-state index contributed by atoms with van der Waals surface area (Å²) in [6, 6.07) is 0. The summed E-state index contributed by atoms with van der Waals surface area (Å²) in [6.07, 6.45) is 5.37. The number of aromatic nitrogens is 2. The first-order chi connectivity index (χ1) is 6.72. The Morgan fingerprint density at radius 1 is 1.64 bits per heavy atom. The van der Waals surface area contributed by atoms with Crippen LogP contribution in [0.2, 0.25) is 0 Å². The first-order valence-electron chi connectivity index (χ1n) is 4.61. The molecule has 0 aliphatic rings. The van der Waals surface area contributed by atoms with Gasteiger partial charge in [0.15, 0.2) is 6.29 Å². The lowest BCUT2D eigenvalue weighted by Gasteiger charge is -2.01. The Bertz CT molecular complexity index is 456. The van der Waals surface area contributed by atoms with Crippen LogP contribution in [0.1, 0.15) is 29.2 Å². The summed E-state index contributed by atoms with van der Waals surface area (Å²) in [5, 5.41) is 0. The SMILES string of the molecule is CC(C)Cc1sc2cncn2c1C=O. The van der Waals surface area contributed by atoms with E-state index in [1.807, 2.05) is 4.40 Å². The zero-order valence-corrected chi connectivity index (χ0v) is 9.04. The number of fused-ring (bicyclic) bond motifs is 1. The van der Waals surface area contributed by atoms with Crippen molar-refractivity contribution in [2.75, 3.05) is 0 Å². The van der Waals surface area contributed by atoms with Gasteiger partial charge in [-0.05, 0) is 12.3 Å². The number of imidazole rings is 1. The summed E-state index contributed by atoms with van der Waals surface area (Å²) in [5.74, 6) is 0.574. The molecular weight excluding hydrogens is 196 g/mol. The van der Waals surface area contributed by atoms with Crippen molar-refractivity contribution in [1.82, 2.24) is 9.38 Å². The molecule has 2 aromatic rings. The second-order valence-corrected chi connectivity index (χ2v) is 4.84. The first kappa shape index (κ1) is 9.40. The van der Waals surface area contributed by atoms with Crippen LogP contribution in [0.25, 0.3) is 4.83 Å². The minimum atomic E-state index is 0.574. The second-order valence-electron chi connectivity index (χ2n) is 3.73. The molecule has 2 rings (SSSR count). The van der Waals surface area contributed by atoms with Crippen molar-refractivity contribution in [2.45, 2.75) is 20.3 Å². The minimum Gasteiger partial charge on any atom is -0.296 e. The van der Waals surface area contributed by atoms with Crippen molar-refractivity contribution in [1.29, 1.82) is 0 Å². The summed E-state index contributed by atoms with van der Waals surface area (Å²) in [4.78, 5) is 17.1. The monoisotopic (exact) mass is 208 g/mol. The molecule has 0 saturated carbocycles. The van der Waals surface area contributed by atoms with Crippen molar-refractivity contribution in [3.05, 3.63) is 23.1 Å². The maximum Gasteiger partial charge on any atom is 0.167 e. The molecule has 0 saturated heterocycles. The van der Waals surface area contributed by atoms with E-state index in [0.29, 0.717) is 5.92 Å². The highest BCUT2D eigenvalue weighted by Crippen LogP contribution is 2.24. The van der Waals surface area contributed by atoms with Crippen LogP contribution in [0.3, 0.4) is 0 Å². The van der Waals surface area contributed by atoms with Crippen LogP contribution in [0.5, 0.6) is 0 Å². The third-order valence-corrected chi connectivity index (χ3v) is 3.22. The smallest absolute Gasteiger partial charge is 0.167 e. The van der Waals surface area contributed by atoms with E-state index < -0.39 is 0 Å². The molecule has 0 N–H and O–H groups in total. The van der Waals surface area contributed by atoms with Gasteiger partial charge >= 0.3 is 0 Å². The standard InChI is InChI=1S/C10H12N2OS/c1-7(2)3-9-8(5-13)12-6-11-4-10(12)14-9/h4-7H,3H2,1-2H3. The molecule has 0 fully saturated rings. The van der Waals surface area contributed by atoms with Gasteiger partial charge in [0.05, 0.1) is 6.20 Å². The van der Waals surface area contributed by atoms with Gasteiger partial charge in [-0.25, -0.2) is 4.98 Å². The molecule has 3 nitrogen and oxygen atoms in total. The summed E-state index contributed by atoms with van der Waals surface area (Å²) < 4.78 is 1.86. The molecule has 0 amide bonds. The molecule has 0 aromatic carbocycles. The average Bonchev–Trinajstić information content (AvgIpc) is 2.62.